The number of carboxylic acid groups (broad SMARTS) is 1. The molecule has 104 valence electrons. The quantitative estimate of drug-likeness (QED) is 0.859. The molecule has 1 aliphatic rings. The lowest BCUT2D eigenvalue weighted by atomic mass is 9.73. The van der Waals surface area contributed by atoms with Crippen LogP contribution in [0.3, 0.4) is 0 Å². The summed E-state index contributed by atoms with van der Waals surface area (Å²) >= 11 is 0. The van der Waals surface area contributed by atoms with Crippen molar-refractivity contribution >= 4 is 11.9 Å². The number of nitrogens with one attached hydrogen (secondary N) is 1. The molecular formula is C13H19N3O3. The highest BCUT2D eigenvalue weighted by Gasteiger charge is 2.46. The highest BCUT2D eigenvalue weighted by atomic mass is 16.4. The van der Waals surface area contributed by atoms with Gasteiger partial charge in [0.2, 0.25) is 0 Å². The lowest BCUT2D eigenvalue weighted by Gasteiger charge is -2.39. The molecule has 2 atom stereocenters. The Morgan fingerprint density at radius 1 is 1.53 bits per heavy atom. The fraction of sp³-hybridized carbons (Fsp3) is 0.615. The standard InChI is InChI=1S/C13H19N3O3/c1-9-5-3-4-7-13(9,12(18)19)15-11(17)10-6-8-14-16(10)2/h6,8-9H,3-5,7H2,1-2H3,(H,15,17)(H,18,19). The van der Waals surface area contributed by atoms with Gasteiger partial charge in [0.15, 0.2) is 0 Å². The Kier molecular flexibility index (Phi) is 3.59. The SMILES string of the molecule is CC1CCCCC1(NC(=O)c1ccnn1C)C(=O)O. The molecule has 2 unspecified atom stereocenters. The first-order valence-electron chi connectivity index (χ1n) is 6.51. The number of nitrogens with zero attached hydrogens (tertiary/aromatic N) is 2. The molecule has 0 aromatic carbocycles. The molecule has 1 amide bonds. The number of carboxylic acids is 1. The van der Waals surface area contributed by atoms with Crippen LogP contribution in [0, 0.1) is 5.92 Å². The van der Waals surface area contributed by atoms with Gasteiger partial charge in [-0.25, -0.2) is 4.79 Å². The maximum atomic E-state index is 12.2. The van der Waals surface area contributed by atoms with E-state index < -0.39 is 11.5 Å². The third-order valence-corrected chi connectivity index (χ3v) is 4.07. The van der Waals surface area contributed by atoms with Gasteiger partial charge in [0.05, 0.1) is 0 Å². The summed E-state index contributed by atoms with van der Waals surface area (Å²) < 4.78 is 1.44. The number of aliphatic carboxylic acids is 1. The monoisotopic (exact) mass is 265 g/mol. The zero-order valence-corrected chi connectivity index (χ0v) is 11.2. The minimum Gasteiger partial charge on any atom is -0.479 e. The fourth-order valence-corrected chi connectivity index (χ4v) is 2.77. The van der Waals surface area contributed by atoms with E-state index in [1.807, 2.05) is 6.92 Å². The zero-order valence-electron chi connectivity index (χ0n) is 11.2. The van der Waals surface area contributed by atoms with Gasteiger partial charge in [-0.05, 0) is 24.8 Å². The van der Waals surface area contributed by atoms with Crippen molar-refractivity contribution in [2.45, 2.75) is 38.1 Å². The number of aryl methyl sites for hydroxylation is 1. The molecule has 0 radical (unpaired) electrons. The van der Waals surface area contributed by atoms with E-state index in [-0.39, 0.29) is 11.8 Å². The molecular weight excluding hydrogens is 246 g/mol. The first kappa shape index (κ1) is 13.6. The summed E-state index contributed by atoms with van der Waals surface area (Å²) in [5.41, 5.74) is -0.780. The van der Waals surface area contributed by atoms with Crippen molar-refractivity contribution in [3.05, 3.63) is 18.0 Å². The highest BCUT2D eigenvalue weighted by Crippen LogP contribution is 2.34. The summed E-state index contributed by atoms with van der Waals surface area (Å²) in [5, 5.41) is 16.2. The number of hydrogen-bond donors (Lipinski definition) is 2. The van der Waals surface area contributed by atoms with Crippen LogP contribution in [0.1, 0.15) is 43.1 Å². The van der Waals surface area contributed by atoms with Gasteiger partial charge in [0.1, 0.15) is 11.2 Å². The number of carbonyl (C=O) groups excluding carboxylic acids is 1. The lowest BCUT2D eigenvalue weighted by molar-refractivity contribution is -0.148. The predicted octanol–water partition coefficient (Wildman–Crippen LogP) is 1.18. The van der Waals surface area contributed by atoms with Crippen LogP contribution in [0.25, 0.3) is 0 Å². The van der Waals surface area contributed by atoms with Crippen LogP contribution in [0.2, 0.25) is 0 Å². The van der Waals surface area contributed by atoms with E-state index in [0.717, 1.165) is 19.3 Å². The third kappa shape index (κ3) is 2.34. The van der Waals surface area contributed by atoms with E-state index in [9.17, 15) is 14.7 Å². The molecule has 0 saturated heterocycles. The maximum absolute atomic E-state index is 12.2. The average Bonchev–Trinajstić information content (AvgIpc) is 2.78. The molecule has 1 aromatic heterocycles. The van der Waals surface area contributed by atoms with Crippen molar-refractivity contribution in [1.29, 1.82) is 0 Å². The van der Waals surface area contributed by atoms with Crippen LogP contribution in [0.5, 0.6) is 0 Å². The molecule has 2 rings (SSSR count). The van der Waals surface area contributed by atoms with Crippen molar-refractivity contribution in [2.24, 2.45) is 13.0 Å². The Balaban J connectivity index is 2.24. The number of hydrogen-bond acceptors (Lipinski definition) is 3. The molecule has 6 nitrogen and oxygen atoms in total. The van der Waals surface area contributed by atoms with E-state index in [2.05, 4.69) is 10.4 Å². The smallest absolute Gasteiger partial charge is 0.329 e. The molecule has 0 spiro atoms. The Morgan fingerprint density at radius 2 is 2.26 bits per heavy atom. The summed E-state index contributed by atoms with van der Waals surface area (Å²) in [6.45, 7) is 1.89. The van der Waals surface area contributed by atoms with Crippen molar-refractivity contribution < 1.29 is 14.7 Å². The Morgan fingerprint density at radius 3 is 2.79 bits per heavy atom. The summed E-state index contributed by atoms with van der Waals surface area (Å²) in [7, 11) is 1.66. The molecule has 0 bridgehead atoms. The summed E-state index contributed by atoms with van der Waals surface area (Å²) in [4.78, 5) is 23.9. The topological polar surface area (TPSA) is 84.2 Å². The van der Waals surface area contributed by atoms with Crippen molar-refractivity contribution in [1.82, 2.24) is 15.1 Å². The van der Waals surface area contributed by atoms with Crippen LogP contribution in [-0.2, 0) is 11.8 Å². The molecule has 0 aliphatic heterocycles. The first-order chi connectivity index (χ1) is 8.97. The Bertz CT molecular complexity index is 497. The molecule has 1 heterocycles. The highest BCUT2D eigenvalue weighted by molar-refractivity contribution is 5.96. The van der Waals surface area contributed by atoms with E-state index in [1.54, 1.807) is 13.1 Å². The number of aromatic nitrogens is 2. The summed E-state index contributed by atoms with van der Waals surface area (Å²) in [5.74, 6) is -1.40. The minimum atomic E-state index is -1.15. The van der Waals surface area contributed by atoms with Crippen LogP contribution >= 0.6 is 0 Å². The summed E-state index contributed by atoms with van der Waals surface area (Å²) in [6, 6.07) is 1.58. The third-order valence-electron chi connectivity index (χ3n) is 4.07. The van der Waals surface area contributed by atoms with Gasteiger partial charge in [0.25, 0.3) is 5.91 Å². The average molecular weight is 265 g/mol. The van der Waals surface area contributed by atoms with Gasteiger partial charge in [-0.1, -0.05) is 19.8 Å². The second kappa shape index (κ2) is 5.03. The minimum absolute atomic E-state index is 0.0732. The van der Waals surface area contributed by atoms with Gasteiger partial charge in [0, 0.05) is 13.2 Å². The number of rotatable bonds is 3. The van der Waals surface area contributed by atoms with E-state index in [0.29, 0.717) is 12.1 Å². The summed E-state index contributed by atoms with van der Waals surface area (Å²) in [6.07, 6.45) is 4.65. The van der Waals surface area contributed by atoms with Crippen molar-refractivity contribution in [3.8, 4) is 0 Å². The zero-order chi connectivity index (χ0) is 14.0. The molecule has 1 aromatic rings. The van der Waals surface area contributed by atoms with Crippen molar-refractivity contribution in [2.75, 3.05) is 0 Å². The van der Waals surface area contributed by atoms with Crippen LogP contribution in [-0.4, -0.2) is 32.3 Å². The van der Waals surface area contributed by atoms with Gasteiger partial charge < -0.3 is 10.4 Å². The van der Waals surface area contributed by atoms with Crippen molar-refractivity contribution in [3.63, 3.8) is 0 Å². The van der Waals surface area contributed by atoms with Crippen LogP contribution in [0.15, 0.2) is 12.3 Å². The van der Waals surface area contributed by atoms with Gasteiger partial charge in [-0.3, -0.25) is 9.48 Å². The molecule has 1 aliphatic carbocycles. The fourth-order valence-electron chi connectivity index (χ4n) is 2.77. The molecule has 1 fully saturated rings. The van der Waals surface area contributed by atoms with Gasteiger partial charge >= 0.3 is 5.97 Å². The number of amides is 1. The second-order valence-corrected chi connectivity index (χ2v) is 5.22. The molecule has 1 saturated carbocycles. The van der Waals surface area contributed by atoms with Crippen LogP contribution < -0.4 is 5.32 Å². The van der Waals surface area contributed by atoms with E-state index in [1.165, 1.54) is 10.9 Å². The molecule has 19 heavy (non-hydrogen) atoms. The Hall–Kier alpha value is -1.85. The Labute approximate surface area is 111 Å². The molecule has 6 heteroatoms. The predicted molar refractivity (Wildman–Crippen MR) is 68.7 cm³/mol. The normalized spacial score (nSPS) is 26.9. The second-order valence-electron chi connectivity index (χ2n) is 5.22. The maximum Gasteiger partial charge on any atom is 0.329 e. The van der Waals surface area contributed by atoms with Crippen LogP contribution in [0.4, 0.5) is 0 Å². The lowest BCUT2D eigenvalue weighted by Crippen LogP contribution is -2.60. The molecule has 2 N–H and O–H groups in total. The largest absolute Gasteiger partial charge is 0.479 e. The number of carbonyl (C=O) groups is 2. The van der Waals surface area contributed by atoms with Gasteiger partial charge in [-0.15, -0.1) is 0 Å². The van der Waals surface area contributed by atoms with E-state index >= 15 is 0 Å². The first-order valence-corrected chi connectivity index (χ1v) is 6.51. The van der Waals surface area contributed by atoms with Gasteiger partial charge in [-0.2, -0.15) is 5.10 Å². The van der Waals surface area contributed by atoms with E-state index in [4.69, 9.17) is 0 Å².